The Bertz CT molecular complexity index is 294. The van der Waals surface area contributed by atoms with Gasteiger partial charge in [-0.25, -0.2) is 13.1 Å². The maximum atomic E-state index is 11.5. The lowest BCUT2D eigenvalue weighted by Crippen LogP contribution is -2.39. The molecular weight excluding hydrogens is 236 g/mol. The lowest BCUT2D eigenvalue weighted by molar-refractivity contribution is 0.461. The van der Waals surface area contributed by atoms with Crippen LogP contribution in [0.25, 0.3) is 0 Å². The minimum absolute atomic E-state index is 0.347. The van der Waals surface area contributed by atoms with E-state index in [0.29, 0.717) is 12.6 Å². The van der Waals surface area contributed by atoms with Crippen LogP contribution in [0.4, 0.5) is 0 Å². The maximum absolute atomic E-state index is 11.5. The molecule has 0 heterocycles. The van der Waals surface area contributed by atoms with Gasteiger partial charge in [-0.2, -0.15) is 0 Å². The van der Waals surface area contributed by atoms with E-state index in [1.54, 1.807) is 13.8 Å². The summed E-state index contributed by atoms with van der Waals surface area (Å²) in [4.78, 5) is 0. The van der Waals surface area contributed by atoms with Crippen molar-refractivity contribution in [3.05, 3.63) is 0 Å². The third-order valence-corrected chi connectivity index (χ3v) is 5.18. The van der Waals surface area contributed by atoms with Gasteiger partial charge in [0, 0.05) is 19.1 Å². The Morgan fingerprint density at radius 2 is 1.65 bits per heavy atom. The van der Waals surface area contributed by atoms with Crippen LogP contribution in [-0.4, -0.2) is 32.8 Å². The van der Waals surface area contributed by atoms with Gasteiger partial charge in [0.1, 0.15) is 0 Å². The molecule has 4 nitrogen and oxygen atoms in total. The van der Waals surface area contributed by atoms with Crippen molar-refractivity contribution in [2.45, 2.75) is 63.7 Å². The molecule has 0 saturated heterocycles. The van der Waals surface area contributed by atoms with E-state index in [0.717, 1.165) is 6.54 Å². The van der Waals surface area contributed by atoms with Gasteiger partial charge in [0.05, 0.1) is 5.25 Å². The first-order valence-corrected chi connectivity index (χ1v) is 8.29. The van der Waals surface area contributed by atoms with Crippen molar-refractivity contribution in [2.75, 3.05) is 13.1 Å². The molecule has 0 bridgehead atoms. The molecule has 102 valence electrons. The zero-order chi connectivity index (χ0) is 12.7. The van der Waals surface area contributed by atoms with E-state index in [4.69, 9.17) is 0 Å². The van der Waals surface area contributed by atoms with E-state index >= 15 is 0 Å². The van der Waals surface area contributed by atoms with Gasteiger partial charge in [0.25, 0.3) is 0 Å². The van der Waals surface area contributed by atoms with Crippen LogP contribution in [0.15, 0.2) is 0 Å². The smallest absolute Gasteiger partial charge is 0.213 e. The summed E-state index contributed by atoms with van der Waals surface area (Å²) in [5, 5.41) is 3.10. The Morgan fingerprint density at radius 1 is 1.06 bits per heavy atom. The van der Waals surface area contributed by atoms with E-state index in [-0.39, 0.29) is 5.25 Å². The van der Waals surface area contributed by atoms with Crippen LogP contribution < -0.4 is 10.0 Å². The van der Waals surface area contributed by atoms with Crippen LogP contribution in [0.3, 0.4) is 0 Å². The number of hydrogen-bond acceptors (Lipinski definition) is 3. The average molecular weight is 262 g/mol. The highest BCUT2D eigenvalue weighted by Crippen LogP contribution is 2.16. The molecule has 2 N–H and O–H groups in total. The van der Waals surface area contributed by atoms with E-state index < -0.39 is 10.0 Å². The Hall–Kier alpha value is -0.130. The van der Waals surface area contributed by atoms with Gasteiger partial charge < -0.3 is 5.32 Å². The SMILES string of the molecule is CC(C)S(=O)(=O)NCCNC1CCCCCC1. The Kier molecular flexibility index (Phi) is 6.44. The molecule has 1 fully saturated rings. The summed E-state index contributed by atoms with van der Waals surface area (Å²) in [5.74, 6) is 0. The van der Waals surface area contributed by atoms with Gasteiger partial charge in [0.2, 0.25) is 10.0 Å². The molecule has 0 amide bonds. The predicted molar refractivity (Wildman–Crippen MR) is 71.6 cm³/mol. The summed E-state index contributed by atoms with van der Waals surface area (Å²) in [7, 11) is -3.10. The minimum Gasteiger partial charge on any atom is -0.313 e. The van der Waals surface area contributed by atoms with Gasteiger partial charge in [-0.1, -0.05) is 25.7 Å². The summed E-state index contributed by atoms with van der Waals surface area (Å²) in [6.07, 6.45) is 7.76. The van der Waals surface area contributed by atoms with Gasteiger partial charge in [-0.05, 0) is 26.7 Å². The quantitative estimate of drug-likeness (QED) is 0.565. The van der Waals surface area contributed by atoms with Crippen molar-refractivity contribution in [2.24, 2.45) is 0 Å². The fourth-order valence-electron chi connectivity index (χ4n) is 2.12. The third-order valence-electron chi connectivity index (χ3n) is 3.34. The third kappa shape index (κ3) is 5.84. The molecule has 0 aromatic rings. The van der Waals surface area contributed by atoms with Crippen molar-refractivity contribution in [3.8, 4) is 0 Å². The highest BCUT2D eigenvalue weighted by atomic mass is 32.2. The maximum Gasteiger partial charge on any atom is 0.213 e. The minimum atomic E-state index is -3.10. The van der Waals surface area contributed by atoms with Crippen LogP contribution in [0.1, 0.15) is 52.4 Å². The van der Waals surface area contributed by atoms with E-state index in [2.05, 4.69) is 10.0 Å². The van der Waals surface area contributed by atoms with Crippen molar-refractivity contribution >= 4 is 10.0 Å². The van der Waals surface area contributed by atoms with Gasteiger partial charge in [-0.3, -0.25) is 0 Å². The molecule has 0 aromatic carbocycles. The fraction of sp³-hybridized carbons (Fsp3) is 1.00. The van der Waals surface area contributed by atoms with Gasteiger partial charge in [-0.15, -0.1) is 0 Å². The first kappa shape index (κ1) is 14.9. The lowest BCUT2D eigenvalue weighted by atomic mass is 10.1. The van der Waals surface area contributed by atoms with Crippen molar-refractivity contribution < 1.29 is 8.42 Å². The first-order chi connectivity index (χ1) is 8.02. The molecule has 1 saturated carbocycles. The Balaban J connectivity index is 2.15. The van der Waals surface area contributed by atoms with Crippen molar-refractivity contribution in [1.82, 2.24) is 10.0 Å². The van der Waals surface area contributed by atoms with Gasteiger partial charge >= 0.3 is 0 Å². The molecule has 0 spiro atoms. The summed E-state index contributed by atoms with van der Waals surface area (Å²) in [6, 6.07) is 0.584. The molecule has 1 aliphatic rings. The second-order valence-electron chi connectivity index (χ2n) is 5.13. The molecule has 0 atom stereocenters. The lowest BCUT2D eigenvalue weighted by Gasteiger charge is -2.16. The molecule has 17 heavy (non-hydrogen) atoms. The summed E-state index contributed by atoms with van der Waals surface area (Å²) in [5.41, 5.74) is 0. The molecule has 0 radical (unpaired) electrons. The molecule has 5 heteroatoms. The van der Waals surface area contributed by atoms with Gasteiger partial charge in [0.15, 0.2) is 0 Å². The predicted octanol–water partition coefficient (Wildman–Crippen LogP) is 1.63. The standard InChI is InChI=1S/C12H26N2O2S/c1-11(2)17(15,16)14-10-9-13-12-7-5-3-4-6-8-12/h11-14H,3-10H2,1-2H3. The van der Waals surface area contributed by atoms with E-state index in [1.165, 1.54) is 38.5 Å². The van der Waals surface area contributed by atoms with E-state index in [1.807, 2.05) is 0 Å². The molecule has 0 aliphatic heterocycles. The number of rotatable bonds is 6. The fourth-order valence-corrected chi connectivity index (χ4v) is 2.84. The zero-order valence-corrected chi connectivity index (χ0v) is 11.9. The van der Waals surface area contributed by atoms with Crippen LogP contribution in [0, 0.1) is 0 Å². The zero-order valence-electron chi connectivity index (χ0n) is 11.0. The Morgan fingerprint density at radius 3 is 2.18 bits per heavy atom. The first-order valence-electron chi connectivity index (χ1n) is 6.74. The average Bonchev–Trinajstić information content (AvgIpc) is 2.52. The number of hydrogen-bond donors (Lipinski definition) is 2. The monoisotopic (exact) mass is 262 g/mol. The molecular formula is C12H26N2O2S. The highest BCUT2D eigenvalue weighted by molar-refractivity contribution is 7.90. The highest BCUT2D eigenvalue weighted by Gasteiger charge is 2.15. The van der Waals surface area contributed by atoms with Crippen LogP contribution in [-0.2, 0) is 10.0 Å². The topological polar surface area (TPSA) is 58.2 Å². The summed E-state index contributed by atoms with van der Waals surface area (Å²) < 4.78 is 25.6. The molecule has 0 aromatic heterocycles. The number of sulfonamides is 1. The van der Waals surface area contributed by atoms with Crippen molar-refractivity contribution in [3.63, 3.8) is 0 Å². The van der Waals surface area contributed by atoms with Crippen LogP contribution in [0.5, 0.6) is 0 Å². The van der Waals surface area contributed by atoms with E-state index in [9.17, 15) is 8.42 Å². The summed E-state index contributed by atoms with van der Waals surface area (Å²) >= 11 is 0. The second kappa shape index (κ2) is 7.34. The van der Waals surface area contributed by atoms with Crippen LogP contribution >= 0.6 is 0 Å². The largest absolute Gasteiger partial charge is 0.313 e. The Labute approximate surface area is 106 Å². The summed E-state index contributed by atoms with van der Waals surface area (Å²) in [6.45, 7) is 4.62. The van der Waals surface area contributed by atoms with Crippen molar-refractivity contribution in [1.29, 1.82) is 0 Å². The number of nitrogens with one attached hydrogen (secondary N) is 2. The molecule has 1 aliphatic carbocycles. The molecule has 0 unspecified atom stereocenters. The van der Waals surface area contributed by atoms with Crippen LogP contribution in [0.2, 0.25) is 0 Å². The normalized spacial score (nSPS) is 19.5. The molecule has 1 rings (SSSR count). The second-order valence-corrected chi connectivity index (χ2v) is 7.45.